The standard InChI is InChI=1S/C11H15NO.C2H6O.C2H6/c1-2-6-11(7-3-1)13-10-12-8-4-5-9-12;1-2-3;1-2/h1-3,6-7H,4-5,8-10H2;3H,2H2,1H3;1-2H3. The first-order chi connectivity index (χ1) is 8.86. The molecule has 0 aliphatic carbocycles. The van der Waals surface area contributed by atoms with Gasteiger partial charge < -0.3 is 9.84 Å². The van der Waals surface area contributed by atoms with Crippen LogP contribution in [-0.4, -0.2) is 36.4 Å². The van der Waals surface area contributed by atoms with Crippen molar-refractivity contribution in [2.75, 3.05) is 26.4 Å². The Bertz CT molecular complexity index is 258. The molecular formula is C15H27NO2. The van der Waals surface area contributed by atoms with Gasteiger partial charge in [0.15, 0.2) is 0 Å². The van der Waals surface area contributed by atoms with Gasteiger partial charge in [-0.25, -0.2) is 0 Å². The third kappa shape index (κ3) is 8.09. The molecule has 1 saturated heterocycles. The fourth-order valence-corrected chi connectivity index (χ4v) is 1.59. The zero-order valence-electron chi connectivity index (χ0n) is 11.9. The number of benzene rings is 1. The molecule has 18 heavy (non-hydrogen) atoms. The molecule has 3 heteroatoms. The number of aliphatic hydroxyl groups is 1. The van der Waals surface area contributed by atoms with E-state index < -0.39 is 0 Å². The fraction of sp³-hybridized carbons (Fsp3) is 0.600. The van der Waals surface area contributed by atoms with Crippen LogP contribution in [0.2, 0.25) is 0 Å². The molecule has 0 spiro atoms. The van der Waals surface area contributed by atoms with E-state index in [9.17, 15) is 0 Å². The molecule has 0 unspecified atom stereocenters. The van der Waals surface area contributed by atoms with E-state index in [0.717, 1.165) is 12.5 Å². The molecule has 0 saturated carbocycles. The third-order valence-corrected chi connectivity index (χ3v) is 2.36. The van der Waals surface area contributed by atoms with Crippen molar-refractivity contribution in [3.05, 3.63) is 30.3 Å². The number of ether oxygens (including phenoxy) is 1. The highest BCUT2D eigenvalue weighted by Crippen LogP contribution is 2.11. The van der Waals surface area contributed by atoms with E-state index in [-0.39, 0.29) is 6.61 Å². The van der Waals surface area contributed by atoms with Gasteiger partial charge in [0.2, 0.25) is 0 Å². The zero-order chi connectivity index (χ0) is 13.6. The van der Waals surface area contributed by atoms with E-state index >= 15 is 0 Å². The van der Waals surface area contributed by atoms with Crippen molar-refractivity contribution in [3.63, 3.8) is 0 Å². The summed E-state index contributed by atoms with van der Waals surface area (Å²) in [6.07, 6.45) is 2.64. The predicted octanol–water partition coefficient (Wildman–Crippen LogP) is 3.14. The Morgan fingerprint density at radius 2 is 1.61 bits per heavy atom. The second-order valence-corrected chi connectivity index (χ2v) is 3.73. The van der Waals surface area contributed by atoms with Crippen LogP contribution in [0.4, 0.5) is 0 Å². The SMILES string of the molecule is CC.CCO.c1ccc(OCN2CCCC2)cc1. The maximum atomic E-state index is 7.57. The van der Waals surface area contributed by atoms with Crippen molar-refractivity contribution in [2.24, 2.45) is 0 Å². The summed E-state index contributed by atoms with van der Waals surface area (Å²) in [7, 11) is 0. The number of nitrogens with zero attached hydrogens (tertiary/aromatic N) is 1. The highest BCUT2D eigenvalue weighted by molar-refractivity contribution is 5.20. The van der Waals surface area contributed by atoms with E-state index in [4.69, 9.17) is 9.84 Å². The van der Waals surface area contributed by atoms with Crippen LogP contribution in [0.5, 0.6) is 5.75 Å². The van der Waals surface area contributed by atoms with Crippen molar-refractivity contribution in [3.8, 4) is 5.75 Å². The number of para-hydroxylation sites is 1. The van der Waals surface area contributed by atoms with Crippen molar-refractivity contribution < 1.29 is 9.84 Å². The minimum absolute atomic E-state index is 0.250. The van der Waals surface area contributed by atoms with Crippen LogP contribution in [0.15, 0.2) is 30.3 Å². The van der Waals surface area contributed by atoms with Crippen LogP contribution in [0.1, 0.15) is 33.6 Å². The second-order valence-electron chi connectivity index (χ2n) is 3.73. The van der Waals surface area contributed by atoms with Gasteiger partial charge in [-0.2, -0.15) is 0 Å². The molecule has 1 heterocycles. The molecule has 1 aliphatic rings. The van der Waals surface area contributed by atoms with E-state index in [1.807, 2.05) is 44.2 Å². The summed E-state index contributed by atoms with van der Waals surface area (Å²) < 4.78 is 5.62. The van der Waals surface area contributed by atoms with E-state index in [1.165, 1.54) is 25.9 Å². The minimum Gasteiger partial charge on any atom is -0.478 e. The first-order valence-electron chi connectivity index (χ1n) is 6.88. The monoisotopic (exact) mass is 253 g/mol. The summed E-state index contributed by atoms with van der Waals surface area (Å²) in [6, 6.07) is 9.99. The smallest absolute Gasteiger partial charge is 0.142 e. The summed E-state index contributed by atoms with van der Waals surface area (Å²) in [5, 5.41) is 7.57. The van der Waals surface area contributed by atoms with Gasteiger partial charge in [-0.1, -0.05) is 32.0 Å². The third-order valence-electron chi connectivity index (χ3n) is 2.36. The maximum Gasteiger partial charge on any atom is 0.142 e. The summed E-state index contributed by atoms with van der Waals surface area (Å²) in [5.41, 5.74) is 0. The van der Waals surface area contributed by atoms with Crippen molar-refractivity contribution >= 4 is 0 Å². The molecule has 1 aromatic carbocycles. The number of aliphatic hydroxyl groups excluding tert-OH is 1. The normalized spacial score (nSPS) is 14.0. The van der Waals surface area contributed by atoms with Crippen LogP contribution in [-0.2, 0) is 0 Å². The molecule has 0 bridgehead atoms. The fourth-order valence-electron chi connectivity index (χ4n) is 1.59. The first kappa shape index (κ1) is 16.9. The van der Waals surface area contributed by atoms with Crippen molar-refractivity contribution in [2.45, 2.75) is 33.6 Å². The minimum atomic E-state index is 0.250. The lowest BCUT2D eigenvalue weighted by Gasteiger charge is -2.15. The predicted molar refractivity (Wildman–Crippen MR) is 76.9 cm³/mol. The first-order valence-corrected chi connectivity index (χ1v) is 6.88. The number of rotatable bonds is 3. The molecule has 0 aromatic heterocycles. The Balaban J connectivity index is 0.000000509. The van der Waals surface area contributed by atoms with E-state index in [2.05, 4.69) is 4.90 Å². The van der Waals surface area contributed by atoms with Crippen LogP contribution in [0.3, 0.4) is 0 Å². The quantitative estimate of drug-likeness (QED) is 0.898. The molecule has 0 atom stereocenters. The molecule has 104 valence electrons. The molecular weight excluding hydrogens is 226 g/mol. The Morgan fingerprint density at radius 1 is 1.11 bits per heavy atom. The number of hydrogen-bond acceptors (Lipinski definition) is 3. The molecule has 1 aliphatic heterocycles. The Kier molecular flexibility index (Phi) is 11.7. The lowest BCUT2D eigenvalue weighted by atomic mass is 10.3. The van der Waals surface area contributed by atoms with Gasteiger partial charge in [-0.05, 0) is 31.9 Å². The lowest BCUT2D eigenvalue weighted by molar-refractivity contribution is 0.152. The summed E-state index contributed by atoms with van der Waals surface area (Å²) in [4.78, 5) is 2.34. The highest BCUT2D eigenvalue weighted by atomic mass is 16.5. The van der Waals surface area contributed by atoms with Gasteiger partial charge in [-0.15, -0.1) is 0 Å². The molecule has 2 rings (SSSR count). The average Bonchev–Trinajstić information content (AvgIpc) is 2.94. The van der Waals surface area contributed by atoms with Gasteiger partial charge in [0.05, 0.1) is 0 Å². The van der Waals surface area contributed by atoms with Crippen LogP contribution >= 0.6 is 0 Å². The molecule has 0 amide bonds. The largest absolute Gasteiger partial charge is 0.478 e. The molecule has 1 fully saturated rings. The zero-order valence-corrected chi connectivity index (χ0v) is 11.9. The summed E-state index contributed by atoms with van der Waals surface area (Å²) in [5.74, 6) is 0.967. The van der Waals surface area contributed by atoms with E-state index in [0.29, 0.717) is 0 Å². The van der Waals surface area contributed by atoms with E-state index in [1.54, 1.807) is 6.92 Å². The van der Waals surface area contributed by atoms with Crippen LogP contribution < -0.4 is 4.74 Å². The second kappa shape index (κ2) is 12.4. The average molecular weight is 253 g/mol. The maximum absolute atomic E-state index is 7.57. The topological polar surface area (TPSA) is 32.7 Å². The molecule has 0 radical (unpaired) electrons. The molecule has 1 aromatic rings. The van der Waals surface area contributed by atoms with Crippen molar-refractivity contribution in [1.29, 1.82) is 0 Å². The van der Waals surface area contributed by atoms with Gasteiger partial charge in [0, 0.05) is 19.7 Å². The lowest BCUT2D eigenvalue weighted by Crippen LogP contribution is -2.24. The van der Waals surface area contributed by atoms with Gasteiger partial charge in [-0.3, -0.25) is 4.90 Å². The highest BCUT2D eigenvalue weighted by Gasteiger charge is 2.10. The van der Waals surface area contributed by atoms with Crippen LogP contribution in [0.25, 0.3) is 0 Å². The molecule has 1 N–H and O–H groups in total. The number of likely N-dealkylation sites (tertiary alicyclic amines) is 1. The Hall–Kier alpha value is -1.06. The van der Waals surface area contributed by atoms with Gasteiger partial charge in [0.25, 0.3) is 0 Å². The van der Waals surface area contributed by atoms with Gasteiger partial charge in [0.1, 0.15) is 12.5 Å². The molecule has 3 nitrogen and oxygen atoms in total. The van der Waals surface area contributed by atoms with Crippen molar-refractivity contribution in [1.82, 2.24) is 4.90 Å². The summed E-state index contributed by atoms with van der Waals surface area (Å²) in [6.45, 7) is 9.05. The van der Waals surface area contributed by atoms with Crippen LogP contribution in [0, 0.1) is 0 Å². The van der Waals surface area contributed by atoms with Gasteiger partial charge >= 0.3 is 0 Å². The Labute approximate surface area is 111 Å². The Morgan fingerprint density at radius 3 is 2.11 bits per heavy atom. The number of hydrogen-bond donors (Lipinski definition) is 1. The summed E-state index contributed by atoms with van der Waals surface area (Å²) >= 11 is 0.